The molecule has 2 aromatic rings. The first-order valence-electron chi connectivity index (χ1n) is 5.22. The van der Waals surface area contributed by atoms with Gasteiger partial charge in [0.2, 0.25) is 5.89 Å². The summed E-state index contributed by atoms with van der Waals surface area (Å²) in [5.74, 6) is 1.95. The monoisotopic (exact) mass is 203 g/mol. The van der Waals surface area contributed by atoms with Crippen molar-refractivity contribution in [3.8, 4) is 11.6 Å². The topological polar surface area (TPSA) is 43.9 Å². The van der Waals surface area contributed by atoms with Gasteiger partial charge in [-0.2, -0.15) is 0 Å². The van der Waals surface area contributed by atoms with Crippen molar-refractivity contribution in [3.05, 3.63) is 23.7 Å². The highest BCUT2D eigenvalue weighted by molar-refractivity contribution is 5.49. The second-order valence-corrected chi connectivity index (χ2v) is 4.14. The van der Waals surface area contributed by atoms with E-state index in [2.05, 4.69) is 27.8 Å². The highest BCUT2D eigenvalue weighted by Crippen LogP contribution is 2.39. The number of nitrogens with zero attached hydrogens (tertiary/aromatic N) is 3. The van der Waals surface area contributed by atoms with Crippen molar-refractivity contribution >= 4 is 0 Å². The van der Waals surface area contributed by atoms with Crippen LogP contribution in [0.2, 0.25) is 0 Å². The molecule has 0 N–H and O–H groups in total. The summed E-state index contributed by atoms with van der Waals surface area (Å²) in [5.41, 5.74) is 2.18. The van der Waals surface area contributed by atoms with E-state index < -0.39 is 0 Å². The van der Waals surface area contributed by atoms with E-state index >= 15 is 0 Å². The third kappa shape index (κ3) is 1.37. The number of hydrogen-bond donors (Lipinski definition) is 0. The van der Waals surface area contributed by atoms with Gasteiger partial charge >= 0.3 is 0 Å². The van der Waals surface area contributed by atoms with Crippen molar-refractivity contribution in [3.63, 3.8) is 0 Å². The van der Waals surface area contributed by atoms with Gasteiger partial charge in [-0.05, 0) is 31.9 Å². The van der Waals surface area contributed by atoms with E-state index in [1.165, 1.54) is 18.5 Å². The fraction of sp³-hybridized carbons (Fsp3) is 0.455. The van der Waals surface area contributed by atoms with Crippen LogP contribution in [0.4, 0.5) is 0 Å². The van der Waals surface area contributed by atoms with E-state index in [1.54, 1.807) is 0 Å². The minimum atomic E-state index is 0.521. The molecule has 0 aliphatic heterocycles. The Balaban J connectivity index is 2.00. The molecule has 0 atom stereocenters. The third-order valence-corrected chi connectivity index (χ3v) is 2.96. The zero-order chi connectivity index (χ0) is 10.4. The van der Waals surface area contributed by atoms with E-state index in [4.69, 9.17) is 4.42 Å². The maximum atomic E-state index is 5.64. The lowest BCUT2D eigenvalue weighted by molar-refractivity contribution is 0.505. The lowest BCUT2D eigenvalue weighted by Crippen LogP contribution is -1.93. The van der Waals surface area contributed by atoms with Crippen LogP contribution in [0.1, 0.15) is 30.3 Å². The molecule has 0 radical (unpaired) electrons. The molecule has 0 aromatic carbocycles. The Morgan fingerprint density at radius 1 is 1.33 bits per heavy atom. The van der Waals surface area contributed by atoms with Gasteiger partial charge in [-0.15, -0.1) is 10.2 Å². The van der Waals surface area contributed by atoms with Crippen molar-refractivity contribution in [1.82, 2.24) is 14.8 Å². The number of hydrogen-bond acceptors (Lipinski definition) is 3. The summed E-state index contributed by atoms with van der Waals surface area (Å²) in [6.45, 7) is 2.06. The molecule has 0 unspecified atom stereocenters. The maximum absolute atomic E-state index is 5.64. The molecular formula is C11H13N3O. The van der Waals surface area contributed by atoms with Gasteiger partial charge in [0.15, 0.2) is 0 Å². The van der Waals surface area contributed by atoms with Gasteiger partial charge in [0.25, 0.3) is 5.89 Å². The molecule has 0 spiro atoms. The van der Waals surface area contributed by atoms with E-state index in [0.29, 0.717) is 11.8 Å². The molecule has 4 nitrogen and oxygen atoms in total. The van der Waals surface area contributed by atoms with Crippen molar-refractivity contribution in [2.24, 2.45) is 7.05 Å². The molecule has 0 saturated heterocycles. The van der Waals surface area contributed by atoms with E-state index in [0.717, 1.165) is 11.6 Å². The van der Waals surface area contributed by atoms with Crippen LogP contribution in [-0.2, 0) is 7.05 Å². The van der Waals surface area contributed by atoms with Gasteiger partial charge < -0.3 is 8.98 Å². The van der Waals surface area contributed by atoms with Gasteiger partial charge in [-0.3, -0.25) is 0 Å². The zero-order valence-corrected chi connectivity index (χ0v) is 8.90. The Bertz CT molecular complexity index is 494. The second-order valence-electron chi connectivity index (χ2n) is 4.14. The minimum Gasteiger partial charge on any atom is -0.419 e. The minimum absolute atomic E-state index is 0.521. The Morgan fingerprint density at radius 3 is 2.73 bits per heavy atom. The normalized spacial score (nSPS) is 15.9. The fourth-order valence-electron chi connectivity index (χ4n) is 1.66. The van der Waals surface area contributed by atoms with Crippen molar-refractivity contribution < 1.29 is 4.42 Å². The average Bonchev–Trinajstić information content (AvgIpc) is 2.89. The lowest BCUT2D eigenvalue weighted by atomic mass is 10.4. The molecule has 1 saturated carbocycles. The lowest BCUT2D eigenvalue weighted by Gasteiger charge is -1.99. The van der Waals surface area contributed by atoms with Gasteiger partial charge in [-0.1, -0.05) is 0 Å². The Kier molecular flexibility index (Phi) is 1.71. The molecule has 1 aliphatic carbocycles. The number of aryl methyl sites for hydroxylation is 1. The molecule has 4 heteroatoms. The Morgan fingerprint density at radius 2 is 2.13 bits per heavy atom. The summed E-state index contributed by atoms with van der Waals surface area (Å²) < 4.78 is 7.70. The van der Waals surface area contributed by atoms with Crippen molar-refractivity contribution in [1.29, 1.82) is 0 Å². The predicted molar refractivity (Wildman–Crippen MR) is 55.4 cm³/mol. The van der Waals surface area contributed by atoms with Crippen LogP contribution < -0.4 is 0 Å². The summed E-state index contributed by atoms with van der Waals surface area (Å²) in [6, 6.07) is 4.07. The zero-order valence-electron chi connectivity index (χ0n) is 8.90. The molecule has 15 heavy (non-hydrogen) atoms. The Hall–Kier alpha value is -1.58. The van der Waals surface area contributed by atoms with Gasteiger partial charge in [0, 0.05) is 18.7 Å². The SMILES string of the molecule is Cc1ccc(-c2nnc(C3CC3)o2)n1C. The van der Waals surface area contributed by atoms with Crippen LogP contribution in [0.3, 0.4) is 0 Å². The standard InChI is InChI=1S/C11H13N3O/c1-7-3-6-9(14(7)2)11-13-12-10(15-11)8-4-5-8/h3,6,8H,4-5H2,1-2H3. The highest BCUT2D eigenvalue weighted by atomic mass is 16.4. The number of rotatable bonds is 2. The summed E-state index contributed by atoms with van der Waals surface area (Å²) in [6.07, 6.45) is 2.38. The summed E-state index contributed by atoms with van der Waals surface area (Å²) >= 11 is 0. The summed E-state index contributed by atoms with van der Waals surface area (Å²) in [4.78, 5) is 0. The number of aromatic nitrogens is 3. The average molecular weight is 203 g/mol. The summed E-state index contributed by atoms with van der Waals surface area (Å²) in [5, 5.41) is 8.16. The van der Waals surface area contributed by atoms with E-state index in [-0.39, 0.29) is 0 Å². The predicted octanol–water partition coefficient (Wildman–Crippen LogP) is 2.26. The van der Waals surface area contributed by atoms with E-state index in [1.807, 2.05) is 13.1 Å². The Labute approximate surface area is 87.9 Å². The third-order valence-electron chi connectivity index (χ3n) is 2.96. The molecule has 2 aromatic heterocycles. The fourth-order valence-corrected chi connectivity index (χ4v) is 1.66. The molecule has 2 heterocycles. The molecule has 3 rings (SSSR count). The van der Waals surface area contributed by atoms with Crippen molar-refractivity contribution in [2.45, 2.75) is 25.7 Å². The maximum Gasteiger partial charge on any atom is 0.264 e. The smallest absolute Gasteiger partial charge is 0.264 e. The van der Waals surface area contributed by atoms with Gasteiger partial charge in [0.1, 0.15) is 5.69 Å². The van der Waals surface area contributed by atoms with Crippen LogP contribution >= 0.6 is 0 Å². The van der Waals surface area contributed by atoms with Gasteiger partial charge in [-0.25, -0.2) is 0 Å². The molecule has 0 bridgehead atoms. The molecule has 1 aliphatic rings. The largest absolute Gasteiger partial charge is 0.419 e. The molecule has 0 amide bonds. The van der Waals surface area contributed by atoms with Crippen LogP contribution in [0.5, 0.6) is 0 Å². The quantitative estimate of drug-likeness (QED) is 0.752. The summed E-state index contributed by atoms with van der Waals surface area (Å²) in [7, 11) is 2.01. The first-order chi connectivity index (χ1) is 7.25. The first kappa shape index (κ1) is 8.71. The molecule has 78 valence electrons. The first-order valence-corrected chi connectivity index (χ1v) is 5.22. The van der Waals surface area contributed by atoms with Crippen LogP contribution in [0.15, 0.2) is 16.5 Å². The molecular weight excluding hydrogens is 190 g/mol. The van der Waals surface area contributed by atoms with Crippen molar-refractivity contribution in [2.75, 3.05) is 0 Å². The van der Waals surface area contributed by atoms with Crippen LogP contribution in [0.25, 0.3) is 11.6 Å². The van der Waals surface area contributed by atoms with Crippen LogP contribution in [0, 0.1) is 6.92 Å². The van der Waals surface area contributed by atoms with E-state index in [9.17, 15) is 0 Å². The van der Waals surface area contributed by atoms with Crippen LogP contribution in [-0.4, -0.2) is 14.8 Å². The van der Waals surface area contributed by atoms with Gasteiger partial charge in [0.05, 0.1) is 0 Å². The molecule has 1 fully saturated rings. The second kappa shape index (κ2) is 2.95. The highest BCUT2D eigenvalue weighted by Gasteiger charge is 2.29.